The van der Waals surface area contributed by atoms with Crippen molar-refractivity contribution in [1.29, 1.82) is 0 Å². The third-order valence-corrected chi connectivity index (χ3v) is 1.26. The highest BCUT2D eigenvalue weighted by Crippen LogP contribution is 2.15. The summed E-state index contributed by atoms with van der Waals surface area (Å²) < 4.78 is 5.20. The molecule has 1 saturated heterocycles. The summed E-state index contributed by atoms with van der Waals surface area (Å²) in [4.78, 5) is 10.8. The lowest BCUT2D eigenvalue weighted by atomic mass is 10.3. The number of hydrogen-bond acceptors (Lipinski definition) is 2. The normalized spacial score (nSPS) is 32.3. The number of rotatable bonds is 0. The Labute approximate surface area is 54.4 Å². The molecule has 0 bridgehead atoms. The smallest absolute Gasteiger partial charge is 0.251 e. The fourth-order valence-electron chi connectivity index (χ4n) is 0.923. The van der Waals surface area contributed by atoms with Crippen LogP contribution in [-0.4, -0.2) is 17.7 Å². The Morgan fingerprint density at radius 2 is 2.22 bits per heavy atom. The minimum absolute atomic E-state index is 0.0278. The second-order valence-electron chi connectivity index (χ2n) is 2.76. The Hall–Kier alpha value is -0.570. The topological polar surface area (TPSA) is 38.3 Å². The van der Waals surface area contributed by atoms with Crippen molar-refractivity contribution in [1.82, 2.24) is 5.32 Å². The number of carbonyl (C=O) groups is 1. The Morgan fingerprint density at radius 1 is 1.67 bits per heavy atom. The van der Waals surface area contributed by atoms with Gasteiger partial charge in [-0.05, 0) is 20.8 Å². The largest absolute Gasteiger partial charge is 0.344 e. The van der Waals surface area contributed by atoms with Gasteiger partial charge in [-0.3, -0.25) is 4.79 Å². The zero-order valence-corrected chi connectivity index (χ0v) is 5.89. The molecule has 0 aromatic heterocycles. The van der Waals surface area contributed by atoms with E-state index in [4.69, 9.17) is 4.74 Å². The summed E-state index contributed by atoms with van der Waals surface area (Å²) in [5.74, 6) is -0.0278. The van der Waals surface area contributed by atoms with Crippen LogP contribution in [0.2, 0.25) is 0 Å². The molecule has 0 saturated carbocycles. The second-order valence-corrected chi connectivity index (χ2v) is 2.76. The van der Waals surface area contributed by atoms with Crippen LogP contribution in [0.4, 0.5) is 0 Å². The summed E-state index contributed by atoms with van der Waals surface area (Å²) in [6.45, 7) is 5.40. The van der Waals surface area contributed by atoms with Crippen LogP contribution in [0.5, 0.6) is 0 Å². The van der Waals surface area contributed by atoms with E-state index in [9.17, 15) is 4.79 Å². The van der Waals surface area contributed by atoms with E-state index in [0.717, 1.165) is 0 Å². The van der Waals surface area contributed by atoms with Gasteiger partial charge in [-0.25, -0.2) is 0 Å². The molecule has 1 aliphatic rings. The highest BCUT2D eigenvalue weighted by Gasteiger charge is 2.34. The minimum Gasteiger partial charge on any atom is -0.344 e. The van der Waals surface area contributed by atoms with Gasteiger partial charge in [-0.2, -0.15) is 0 Å². The third-order valence-electron chi connectivity index (χ3n) is 1.26. The van der Waals surface area contributed by atoms with Crippen LogP contribution in [0.3, 0.4) is 0 Å². The van der Waals surface area contributed by atoms with Crippen molar-refractivity contribution in [2.24, 2.45) is 0 Å². The van der Waals surface area contributed by atoms with E-state index in [1.165, 1.54) is 0 Å². The molecule has 3 heteroatoms. The van der Waals surface area contributed by atoms with Crippen LogP contribution >= 0.6 is 0 Å². The van der Waals surface area contributed by atoms with Crippen molar-refractivity contribution in [2.45, 2.75) is 32.6 Å². The number of nitrogens with one attached hydrogen (secondary N) is 1. The molecule has 1 unspecified atom stereocenters. The first-order valence-corrected chi connectivity index (χ1v) is 3.01. The van der Waals surface area contributed by atoms with E-state index in [-0.39, 0.29) is 12.0 Å². The Morgan fingerprint density at radius 3 is 2.33 bits per heavy atom. The van der Waals surface area contributed by atoms with Gasteiger partial charge in [0.2, 0.25) is 0 Å². The molecule has 1 amide bonds. The summed E-state index contributed by atoms with van der Waals surface area (Å²) in [7, 11) is 0. The molecule has 0 aliphatic carbocycles. The zero-order valence-electron chi connectivity index (χ0n) is 5.89. The number of carbonyl (C=O) groups excluding carboxylic acids is 1. The first kappa shape index (κ1) is 6.55. The number of ether oxygens (including phenoxy) is 1. The molecule has 0 radical (unpaired) electrons. The van der Waals surface area contributed by atoms with Crippen molar-refractivity contribution in [2.75, 3.05) is 0 Å². The molecule has 1 heterocycles. The fraction of sp³-hybridized carbons (Fsp3) is 0.833. The summed E-state index contributed by atoms with van der Waals surface area (Å²) in [6.07, 6.45) is -0.292. The Balaban J connectivity index is 2.65. The standard InChI is InChI=1S/C6H11NO2/c1-4-5(8)7-6(2,3)9-4/h4H,1-3H3,(H,7,8). The van der Waals surface area contributed by atoms with E-state index < -0.39 is 5.72 Å². The van der Waals surface area contributed by atoms with Crippen LogP contribution in [0.25, 0.3) is 0 Å². The molecular weight excluding hydrogens is 118 g/mol. The molecule has 0 aromatic rings. The molecule has 1 N–H and O–H groups in total. The summed E-state index contributed by atoms with van der Waals surface area (Å²) in [5.41, 5.74) is -0.462. The van der Waals surface area contributed by atoms with Crippen molar-refractivity contribution < 1.29 is 9.53 Å². The van der Waals surface area contributed by atoms with Gasteiger partial charge in [0.15, 0.2) is 0 Å². The predicted molar refractivity (Wildman–Crippen MR) is 32.8 cm³/mol. The van der Waals surface area contributed by atoms with Gasteiger partial charge in [0, 0.05) is 0 Å². The molecule has 9 heavy (non-hydrogen) atoms. The molecule has 0 aromatic carbocycles. The quantitative estimate of drug-likeness (QED) is 0.509. The van der Waals surface area contributed by atoms with E-state index in [2.05, 4.69) is 5.32 Å². The second kappa shape index (κ2) is 1.70. The van der Waals surface area contributed by atoms with Crippen molar-refractivity contribution in [3.63, 3.8) is 0 Å². The van der Waals surface area contributed by atoms with E-state index in [1.807, 2.05) is 13.8 Å². The molecule has 1 aliphatic heterocycles. The van der Waals surface area contributed by atoms with Crippen LogP contribution < -0.4 is 5.32 Å². The maximum atomic E-state index is 10.8. The minimum atomic E-state index is -0.462. The highest BCUT2D eigenvalue weighted by atomic mass is 16.5. The maximum absolute atomic E-state index is 10.8. The third kappa shape index (κ3) is 1.21. The van der Waals surface area contributed by atoms with Crippen molar-refractivity contribution in [3.8, 4) is 0 Å². The maximum Gasteiger partial charge on any atom is 0.251 e. The zero-order chi connectivity index (χ0) is 7.07. The van der Waals surface area contributed by atoms with Gasteiger partial charge < -0.3 is 10.1 Å². The van der Waals surface area contributed by atoms with E-state index in [0.29, 0.717) is 0 Å². The lowest BCUT2D eigenvalue weighted by molar-refractivity contribution is -0.123. The predicted octanol–water partition coefficient (Wildman–Crippen LogP) is 0.257. The lowest BCUT2D eigenvalue weighted by Crippen LogP contribution is -2.35. The molecule has 1 atom stereocenters. The van der Waals surface area contributed by atoms with Crippen molar-refractivity contribution >= 4 is 5.91 Å². The van der Waals surface area contributed by atoms with Gasteiger partial charge in [0.05, 0.1) is 0 Å². The molecule has 1 fully saturated rings. The van der Waals surface area contributed by atoms with E-state index >= 15 is 0 Å². The first-order valence-electron chi connectivity index (χ1n) is 3.01. The summed E-state index contributed by atoms with van der Waals surface area (Å²) in [6, 6.07) is 0. The van der Waals surface area contributed by atoms with Crippen LogP contribution in [-0.2, 0) is 9.53 Å². The van der Waals surface area contributed by atoms with Crippen LogP contribution in [0.15, 0.2) is 0 Å². The number of amides is 1. The van der Waals surface area contributed by atoms with Crippen molar-refractivity contribution in [3.05, 3.63) is 0 Å². The lowest BCUT2D eigenvalue weighted by Gasteiger charge is -2.15. The van der Waals surface area contributed by atoms with Crippen LogP contribution in [0, 0.1) is 0 Å². The van der Waals surface area contributed by atoms with Gasteiger partial charge in [-0.15, -0.1) is 0 Å². The molecule has 0 spiro atoms. The Bertz CT molecular complexity index is 142. The van der Waals surface area contributed by atoms with Gasteiger partial charge in [-0.1, -0.05) is 0 Å². The fourth-order valence-corrected chi connectivity index (χ4v) is 0.923. The average molecular weight is 129 g/mol. The monoisotopic (exact) mass is 129 g/mol. The van der Waals surface area contributed by atoms with Gasteiger partial charge in [0.25, 0.3) is 5.91 Å². The summed E-state index contributed by atoms with van der Waals surface area (Å²) in [5, 5.41) is 2.68. The Kier molecular flexibility index (Phi) is 1.24. The molecule has 52 valence electrons. The molecule has 3 nitrogen and oxygen atoms in total. The SMILES string of the molecule is CC1OC(C)(C)NC1=O. The van der Waals surface area contributed by atoms with Crippen LogP contribution in [0.1, 0.15) is 20.8 Å². The molecular formula is C6H11NO2. The van der Waals surface area contributed by atoms with Gasteiger partial charge in [0.1, 0.15) is 11.8 Å². The highest BCUT2D eigenvalue weighted by molar-refractivity contribution is 5.82. The van der Waals surface area contributed by atoms with Gasteiger partial charge >= 0.3 is 0 Å². The summed E-state index contributed by atoms with van der Waals surface area (Å²) >= 11 is 0. The molecule has 1 rings (SSSR count). The number of hydrogen-bond donors (Lipinski definition) is 1. The van der Waals surface area contributed by atoms with E-state index in [1.54, 1.807) is 6.92 Å². The average Bonchev–Trinajstić information content (AvgIpc) is 1.79. The first-order chi connectivity index (χ1) is 4.01.